The summed E-state index contributed by atoms with van der Waals surface area (Å²) < 4.78 is 0.511. The lowest BCUT2D eigenvalue weighted by atomic mass is 10.1. The summed E-state index contributed by atoms with van der Waals surface area (Å²) in [6.45, 7) is 0.0344. The minimum absolute atomic E-state index is 0.178. The number of anilines is 1. The maximum atomic E-state index is 12.4. The van der Waals surface area contributed by atoms with Gasteiger partial charge in [-0.3, -0.25) is 9.59 Å². The average molecular weight is 324 g/mol. The van der Waals surface area contributed by atoms with Gasteiger partial charge in [0.15, 0.2) is 0 Å². The molecule has 0 saturated carbocycles. The van der Waals surface area contributed by atoms with Crippen molar-refractivity contribution in [3.63, 3.8) is 0 Å². The minimum atomic E-state index is -0.583. The third-order valence-corrected chi connectivity index (χ3v) is 4.05. The van der Waals surface area contributed by atoms with Crippen LogP contribution in [0.25, 0.3) is 0 Å². The van der Waals surface area contributed by atoms with Crippen molar-refractivity contribution in [1.29, 1.82) is 0 Å². The molecule has 5 nitrogen and oxygen atoms in total. The molecular weight excluding hydrogens is 310 g/mol. The number of primary amides is 1. The zero-order valence-corrected chi connectivity index (χ0v) is 12.7. The highest BCUT2D eigenvalue weighted by molar-refractivity contribution is 7.17. The van der Waals surface area contributed by atoms with E-state index in [-0.39, 0.29) is 19.0 Å². The van der Waals surface area contributed by atoms with Crippen LogP contribution in [-0.2, 0) is 11.3 Å². The van der Waals surface area contributed by atoms with Gasteiger partial charge in [-0.15, -0.1) is 11.3 Å². The quantitative estimate of drug-likeness (QED) is 0.826. The lowest BCUT2D eigenvalue weighted by molar-refractivity contribution is -0.118. The molecule has 2 amide bonds. The van der Waals surface area contributed by atoms with Gasteiger partial charge in [-0.05, 0) is 23.8 Å². The van der Waals surface area contributed by atoms with E-state index in [1.807, 2.05) is 6.07 Å². The molecule has 21 heavy (non-hydrogen) atoms. The molecule has 0 saturated heterocycles. The normalized spacial score (nSPS) is 10.3. The molecule has 0 aliphatic heterocycles. The molecule has 0 atom stereocenters. The van der Waals surface area contributed by atoms with Gasteiger partial charge >= 0.3 is 0 Å². The van der Waals surface area contributed by atoms with Crippen LogP contribution in [0.2, 0.25) is 4.34 Å². The van der Waals surface area contributed by atoms with E-state index in [2.05, 4.69) is 0 Å². The molecule has 7 heteroatoms. The number of carbonyl (C=O) groups is 2. The SMILES string of the molecule is NC(=O)CN(Cc1ccccc1N)C(=O)c1ccc(Cl)s1. The fourth-order valence-corrected chi connectivity index (χ4v) is 2.87. The first kappa shape index (κ1) is 15.3. The molecule has 1 heterocycles. The van der Waals surface area contributed by atoms with E-state index < -0.39 is 5.91 Å². The van der Waals surface area contributed by atoms with Gasteiger partial charge < -0.3 is 16.4 Å². The molecule has 0 bridgehead atoms. The zero-order valence-electron chi connectivity index (χ0n) is 11.1. The number of nitrogens with two attached hydrogens (primary N) is 2. The van der Waals surface area contributed by atoms with Gasteiger partial charge in [0, 0.05) is 12.2 Å². The van der Waals surface area contributed by atoms with Gasteiger partial charge in [0.1, 0.15) is 6.54 Å². The van der Waals surface area contributed by atoms with Crippen molar-refractivity contribution in [2.75, 3.05) is 12.3 Å². The van der Waals surface area contributed by atoms with Crippen molar-refractivity contribution in [2.24, 2.45) is 5.73 Å². The Labute approximate surface area is 131 Å². The van der Waals surface area contributed by atoms with E-state index >= 15 is 0 Å². The summed E-state index contributed by atoms with van der Waals surface area (Å²) >= 11 is 6.99. The van der Waals surface area contributed by atoms with Crippen molar-refractivity contribution in [1.82, 2.24) is 4.90 Å². The summed E-state index contributed by atoms with van der Waals surface area (Å²) in [6, 6.07) is 10.4. The van der Waals surface area contributed by atoms with Gasteiger partial charge in [0.25, 0.3) is 5.91 Å². The smallest absolute Gasteiger partial charge is 0.264 e. The second kappa shape index (κ2) is 6.60. The van der Waals surface area contributed by atoms with Crippen molar-refractivity contribution < 1.29 is 9.59 Å². The number of hydrogen-bond donors (Lipinski definition) is 2. The third-order valence-electron chi connectivity index (χ3n) is 2.83. The Kier molecular flexibility index (Phi) is 4.82. The maximum absolute atomic E-state index is 12.4. The van der Waals surface area contributed by atoms with Crippen LogP contribution in [0.3, 0.4) is 0 Å². The molecule has 0 spiro atoms. The van der Waals surface area contributed by atoms with Crippen LogP contribution < -0.4 is 11.5 Å². The number of rotatable bonds is 5. The molecule has 2 aromatic rings. The van der Waals surface area contributed by atoms with Gasteiger partial charge in [0.2, 0.25) is 5.91 Å². The molecule has 0 unspecified atom stereocenters. The highest BCUT2D eigenvalue weighted by Gasteiger charge is 2.20. The Morgan fingerprint density at radius 3 is 2.48 bits per heavy atom. The van der Waals surface area contributed by atoms with E-state index in [4.69, 9.17) is 23.1 Å². The summed E-state index contributed by atoms with van der Waals surface area (Å²) in [6.07, 6.45) is 0. The first-order valence-corrected chi connectivity index (χ1v) is 7.33. The first-order valence-electron chi connectivity index (χ1n) is 6.13. The Morgan fingerprint density at radius 1 is 1.19 bits per heavy atom. The number of benzene rings is 1. The molecule has 1 aromatic heterocycles. The first-order chi connectivity index (χ1) is 9.97. The molecule has 0 fully saturated rings. The van der Waals surface area contributed by atoms with Crippen LogP contribution >= 0.6 is 22.9 Å². The molecule has 2 rings (SSSR count). The summed E-state index contributed by atoms with van der Waals surface area (Å²) in [5.74, 6) is -0.880. The Hall–Kier alpha value is -2.05. The third kappa shape index (κ3) is 3.96. The number of nitrogens with zero attached hydrogens (tertiary/aromatic N) is 1. The van der Waals surface area contributed by atoms with Crippen LogP contribution in [0, 0.1) is 0 Å². The van der Waals surface area contributed by atoms with E-state index in [0.717, 1.165) is 16.9 Å². The van der Waals surface area contributed by atoms with Crippen LogP contribution in [0.15, 0.2) is 36.4 Å². The highest BCUT2D eigenvalue weighted by Crippen LogP contribution is 2.24. The van der Waals surface area contributed by atoms with E-state index in [0.29, 0.717) is 14.9 Å². The molecule has 0 radical (unpaired) electrons. The molecule has 0 aliphatic carbocycles. The van der Waals surface area contributed by atoms with Gasteiger partial charge in [-0.25, -0.2) is 0 Å². The molecule has 110 valence electrons. The molecule has 0 aliphatic rings. The van der Waals surface area contributed by atoms with E-state index in [1.165, 1.54) is 4.90 Å². The van der Waals surface area contributed by atoms with Crippen LogP contribution in [0.5, 0.6) is 0 Å². The summed E-state index contributed by atoms with van der Waals surface area (Å²) in [5.41, 5.74) is 12.4. The Bertz CT molecular complexity index is 672. The monoisotopic (exact) mass is 323 g/mol. The topological polar surface area (TPSA) is 89.4 Å². The largest absolute Gasteiger partial charge is 0.398 e. The lowest BCUT2D eigenvalue weighted by Gasteiger charge is -2.21. The van der Waals surface area contributed by atoms with Crippen molar-refractivity contribution in [3.8, 4) is 0 Å². The predicted octanol–water partition coefficient (Wildman–Crippen LogP) is 2.11. The minimum Gasteiger partial charge on any atom is -0.398 e. The fraction of sp³-hybridized carbons (Fsp3) is 0.143. The number of amides is 2. The lowest BCUT2D eigenvalue weighted by Crippen LogP contribution is -2.37. The van der Waals surface area contributed by atoms with E-state index in [1.54, 1.807) is 30.3 Å². The van der Waals surface area contributed by atoms with Crippen LogP contribution in [-0.4, -0.2) is 23.3 Å². The molecule has 1 aromatic carbocycles. The van der Waals surface area contributed by atoms with Gasteiger partial charge in [0.05, 0.1) is 9.21 Å². The average Bonchev–Trinajstić information content (AvgIpc) is 2.86. The summed E-state index contributed by atoms with van der Waals surface area (Å²) in [4.78, 5) is 25.5. The van der Waals surface area contributed by atoms with E-state index in [9.17, 15) is 9.59 Å². The summed E-state index contributed by atoms with van der Waals surface area (Å²) in [5, 5.41) is 0. The number of carbonyl (C=O) groups excluding carboxylic acids is 2. The standard InChI is InChI=1S/C14H14ClN3O2S/c15-12-6-5-11(21-12)14(20)18(8-13(17)19)7-9-3-1-2-4-10(9)16/h1-6H,7-8,16H2,(H2,17,19). The second-order valence-electron chi connectivity index (χ2n) is 4.43. The fourth-order valence-electron chi connectivity index (χ4n) is 1.86. The predicted molar refractivity (Wildman–Crippen MR) is 84.1 cm³/mol. The molecular formula is C14H14ClN3O2S. The number of thiophene rings is 1. The Morgan fingerprint density at radius 2 is 1.90 bits per heavy atom. The highest BCUT2D eigenvalue weighted by atomic mass is 35.5. The molecule has 4 N–H and O–H groups in total. The zero-order chi connectivity index (χ0) is 15.4. The number of para-hydroxylation sites is 1. The maximum Gasteiger partial charge on any atom is 0.264 e. The Balaban J connectivity index is 2.24. The second-order valence-corrected chi connectivity index (χ2v) is 6.15. The van der Waals surface area contributed by atoms with Crippen LogP contribution in [0.1, 0.15) is 15.2 Å². The van der Waals surface area contributed by atoms with Crippen molar-refractivity contribution >= 4 is 40.4 Å². The number of hydrogen-bond acceptors (Lipinski definition) is 4. The van der Waals surface area contributed by atoms with Gasteiger partial charge in [-0.2, -0.15) is 0 Å². The van der Waals surface area contributed by atoms with Crippen LogP contribution in [0.4, 0.5) is 5.69 Å². The summed E-state index contributed by atoms with van der Waals surface area (Å²) in [7, 11) is 0. The van der Waals surface area contributed by atoms with Crippen molar-refractivity contribution in [2.45, 2.75) is 6.54 Å². The van der Waals surface area contributed by atoms with Crippen molar-refractivity contribution in [3.05, 3.63) is 51.2 Å². The number of nitrogen functional groups attached to an aromatic ring is 1. The number of halogens is 1. The van der Waals surface area contributed by atoms with Gasteiger partial charge in [-0.1, -0.05) is 29.8 Å².